The highest BCUT2D eigenvalue weighted by Gasteiger charge is 2.61. The number of hydrogen-bond donors (Lipinski definition) is 2. The van der Waals surface area contributed by atoms with E-state index < -0.39 is 11.7 Å². The third-order valence-electron chi connectivity index (χ3n) is 6.91. The molecule has 1 aliphatic rings. The van der Waals surface area contributed by atoms with Gasteiger partial charge in [0.05, 0.1) is 37.6 Å². The lowest BCUT2D eigenvalue weighted by molar-refractivity contribution is -0.127. The highest BCUT2D eigenvalue weighted by atomic mass is 16.6. The van der Waals surface area contributed by atoms with E-state index in [0.717, 1.165) is 31.2 Å². The number of ether oxygens (including phenoxy) is 3. The van der Waals surface area contributed by atoms with Crippen LogP contribution in [0.15, 0.2) is 12.1 Å². The van der Waals surface area contributed by atoms with Crippen LogP contribution in [-0.2, 0) is 27.4 Å². The van der Waals surface area contributed by atoms with Crippen LogP contribution in [-0.4, -0.2) is 53.3 Å². The topological polar surface area (TPSA) is 106 Å². The van der Waals surface area contributed by atoms with Crippen molar-refractivity contribution in [3.63, 3.8) is 0 Å². The van der Waals surface area contributed by atoms with E-state index >= 15 is 0 Å². The molecule has 0 bridgehead atoms. The van der Waals surface area contributed by atoms with E-state index in [4.69, 9.17) is 14.2 Å². The Morgan fingerprint density at radius 1 is 1.14 bits per heavy atom. The molecule has 0 radical (unpaired) electrons. The van der Waals surface area contributed by atoms with Crippen LogP contribution in [0.1, 0.15) is 90.7 Å². The van der Waals surface area contributed by atoms with E-state index in [1.165, 1.54) is 0 Å². The fourth-order valence-corrected chi connectivity index (χ4v) is 4.77. The maximum Gasteiger partial charge on any atom is 0.176 e. The lowest BCUT2D eigenvalue weighted by Crippen LogP contribution is -2.37. The number of hydrogen-bond acceptors (Lipinski definition) is 7. The van der Waals surface area contributed by atoms with E-state index in [9.17, 15) is 19.8 Å². The number of Topliss-reactive ketones (excluding diaryl/α,β-unsaturated/α-hetero) is 1. The standard InChI is InChI=1S/C29H46O7/c1-6-9-14-35-28-22(16-20(4)5)11-12-25(23(28)18-30)34-15-13-21(10-7-2)24(32)17-26(33)29(19-31)27(8-3)36-29/h11-12,19-21,26-27,30,33H,6-10,13-18H2,1-5H3/t21-,26?,27+,29+/m1/s1. The first-order chi connectivity index (χ1) is 17.3. The average molecular weight is 507 g/mol. The molecule has 2 N–H and O–H groups in total. The molecule has 204 valence electrons. The van der Waals surface area contributed by atoms with Gasteiger partial charge in [0.2, 0.25) is 0 Å². The molecule has 1 aliphatic heterocycles. The van der Waals surface area contributed by atoms with Crippen LogP contribution >= 0.6 is 0 Å². The fraction of sp³-hybridized carbons (Fsp3) is 0.724. The Kier molecular flexibility index (Phi) is 12.4. The highest BCUT2D eigenvalue weighted by Crippen LogP contribution is 2.41. The zero-order valence-electron chi connectivity index (χ0n) is 22.8. The summed E-state index contributed by atoms with van der Waals surface area (Å²) in [6, 6.07) is 3.87. The summed E-state index contributed by atoms with van der Waals surface area (Å²) >= 11 is 0. The van der Waals surface area contributed by atoms with Crippen LogP contribution in [0.5, 0.6) is 11.5 Å². The number of ketones is 1. The van der Waals surface area contributed by atoms with Gasteiger partial charge in [-0.1, -0.05) is 53.5 Å². The lowest BCUT2D eigenvalue weighted by atomic mass is 9.87. The van der Waals surface area contributed by atoms with Gasteiger partial charge < -0.3 is 24.4 Å². The Morgan fingerprint density at radius 3 is 2.44 bits per heavy atom. The highest BCUT2D eigenvalue weighted by molar-refractivity contribution is 5.83. The second-order valence-electron chi connectivity index (χ2n) is 10.3. The molecule has 0 spiro atoms. The number of unbranched alkanes of at least 4 members (excludes halogenated alkanes) is 1. The number of benzene rings is 1. The minimum Gasteiger partial charge on any atom is -0.493 e. The molecule has 0 aliphatic carbocycles. The van der Waals surface area contributed by atoms with Crippen molar-refractivity contribution in [3.8, 4) is 11.5 Å². The molecular formula is C29H46O7. The van der Waals surface area contributed by atoms with Crippen molar-refractivity contribution < 1.29 is 34.0 Å². The molecule has 2 rings (SSSR count). The van der Waals surface area contributed by atoms with Crippen molar-refractivity contribution >= 4 is 12.1 Å². The molecule has 1 fully saturated rings. The number of aldehydes is 1. The van der Waals surface area contributed by atoms with Crippen LogP contribution in [0.2, 0.25) is 0 Å². The second-order valence-corrected chi connectivity index (χ2v) is 10.3. The number of epoxide rings is 1. The number of rotatable bonds is 19. The summed E-state index contributed by atoms with van der Waals surface area (Å²) in [4.78, 5) is 24.5. The first kappa shape index (κ1) is 30.3. The Hall–Kier alpha value is -1.96. The molecule has 0 amide bonds. The molecule has 1 aromatic carbocycles. The Labute approximate surface area is 216 Å². The predicted octanol–water partition coefficient (Wildman–Crippen LogP) is 4.81. The Balaban J connectivity index is 2.07. The Morgan fingerprint density at radius 2 is 1.89 bits per heavy atom. The van der Waals surface area contributed by atoms with Gasteiger partial charge in [-0.2, -0.15) is 0 Å². The SMILES string of the molecule is CCCCOc1c(CC(C)C)ccc(OCC[C@@H](CCC)C(=O)CC(O)[C@]2(C=O)O[C@H]2CC)c1CO. The van der Waals surface area contributed by atoms with Gasteiger partial charge in [-0.15, -0.1) is 0 Å². The van der Waals surface area contributed by atoms with Gasteiger partial charge in [0.1, 0.15) is 17.3 Å². The number of carbonyl (C=O) groups is 2. The van der Waals surface area contributed by atoms with Crippen LogP contribution in [0, 0.1) is 11.8 Å². The van der Waals surface area contributed by atoms with Gasteiger partial charge in [0.25, 0.3) is 0 Å². The maximum atomic E-state index is 13.0. The molecule has 1 aromatic rings. The van der Waals surface area contributed by atoms with Crippen molar-refractivity contribution in [2.45, 2.75) is 110 Å². The first-order valence-electron chi connectivity index (χ1n) is 13.6. The van der Waals surface area contributed by atoms with E-state index in [2.05, 4.69) is 20.8 Å². The van der Waals surface area contributed by atoms with Crippen LogP contribution in [0.4, 0.5) is 0 Å². The molecule has 0 aromatic heterocycles. The van der Waals surface area contributed by atoms with E-state index in [1.54, 1.807) is 0 Å². The lowest BCUT2D eigenvalue weighted by Gasteiger charge is -2.21. The molecule has 1 heterocycles. The molecular weight excluding hydrogens is 460 g/mol. The smallest absolute Gasteiger partial charge is 0.176 e. The monoisotopic (exact) mass is 506 g/mol. The van der Waals surface area contributed by atoms with E-state index in [0.29, 0.717) is 61.7 Å². The van der Waals surface area contributed by atoms with Crippen molar-refractivity contribution in [2.75, 3.05) is 13.2 Å². The minimum absolute atomic E-state index is 0.0854. The minimum atomic E-state index is -1.24. The van der Waals surface area contributed by atoms with Crippen LogP contribution in [0.25, 0.3) is 0 Å². The van der Waals surface area contributed by atoms with Crippen LogP contribution < -0.4 is 9.47 Å². The van der Waals surface area contributed by atoms with E-state index in [-0.39, 0.29) is 30.8 Å². The summed E-state index contributed by atoms with van der Waals surface area (Å²) in [7, 11) is 0. The number of aliphatic hydroxyl groups is 2. The molecule has 1 unspecified atom stereocenters. The van der Waals surface area contributed by atoms with Crippen molar-refractivity contribution in [3.05, 3.63) is 23.3 Å². The number of carbonyl (C=O) groups excluding carboxylic acids is 2. The van der Waals surface area contributed by atoms with Crippen molar-refractivity contribution in [1.29, 1.82) is 0 Å². The van der Waals surface area contributed by atoms with Crippen molar-refractivity contribution in [1.82, 2.24) is 0 Å². The normalized spacial score (nSPS) is 20.7. The zero-order chi connectivity index (χ0) is 26.7. The summed E-state index contributed by atoms with van der Waals surface area (Å²) in [5.74, 6) is 1.34. The molecule has 0 saturated carbocycles. The summed E-state index contributed by atoms with van der Waals surface area (Å²) in [5, 5.41) is 20.7. The summed E-state index contributed by atoms with van der Waals surface area (Å²) < 4.78 is 17.6. The molecule has 7 heteroatoms. The van der Waals surface area contributed by atoms with Gasteiger partial charge in [-0.25, -0.2) is 0 Å². The third kappa shape index (κ3) is 7.77. The molecule has 1 saturated heterocycles. The van der Waals surface area contributed by atoms with Gasteiger partial charge in [0.15, 0.2) is 11.9 Å². The zero-order valence-corrected chi connectivity index (χ0v) is 22.8. The molecule has 4 atom stereocenters. The largest absolute Gasteiger partial charge is 0.493 e. The molecule has 36 heavy (non-hydrogen) atoms. The summed E-state index contributed by atoms with van der Waals surface area (Å²) in [5.41, 5.74) is 0.462. The second kappa shape index (κ2) is 14.7. The average Bonchev–Trinajstić information content (AvgIpc) is 3.59. The van der Waals surface area contributed by atoms with Gasteiger partial charge in [-0.05, 0) is 49.7 Å². The first-order valence-corrected chi connectivity index (χ1v) is 13.6. The molecule has 7 nitrogen and oxygen atoms in total. The number of aliphatic hydroxyl groups excluding tert-OH is 2. The van der Waals surface area contributed by atoms with Gasteiger partial charge >= 0.3 is 0 Å². The predicted molar refractivity (Wildman–Crippen MR) is 139 cm³/mol. The van der Waals surface area contributed by atoms with Crippen molar-refractivity contribution in [2.24, 2.45) is 11.8 Å². The summed E-state index contributed by atoms with van der Waals surface area (Å²) in [6.45, 7) is 11.0. The quantitative estimate of drug-likeness (QED) is 0.158. The third-order valence-corrected chi connectivity index (χ3v) is 6.91. The van der Waals surface area contributed by atoms with Crippen LogP contribution in [0.3, 0.4) is 0 Å². The Bertz CT molecular complexity index is 837. The maximum absolute atomic E-state index is 13.0. The van der Waals surface area contributed by atoms with E-state index in [1.807, 2.05) is 26.0 Å². The van der Waals surface area contributed by atoms with Gasteiger partial charge in [-0.3, -0.25) is 9.59 Å². The fourth-order valence-electron chi connectivity index (χ4n) is 4.77. The van der Waals surface area contributed by atoms with Gasteiger partial charge in [0, 0.05) is 12.3 Å². The summed E-state index contributed by atoms with van der Waals surface area (Å²) in [6.07, 6.45) is 4.45.